The quantitative estimate of drug-likeness (QED) is 0.477. The summed E-state index contributed by atoms with van der Waals surface area (Å²) in [4.78, 5) is 18.0. The zero-order valence-electron chi connectivity index (χ0n) is 7.15. The molecule has 6 heteroatoms. The largest absolute Gasteiger partial charge is 0.392 e. The number of thiocarbonyl (C=S) groups is 1. The second-order valence-electron chi connectivity index (χ2n) is 2.65. The van der Waals surface area contributed by atoms with E-state index in [1.807, 2.05) is 0 Å². The standard InChI is InChI=1S/C6H14NO3PS/c1-3-6(4-2,5(7)12)11(8,9)10/h3-4H2,1-2H3,(H2,7,12)(H2,8,9,10). The Hall–Kier alpha value is 0.0400. The molecule has 0 aromatic carbocycles. The minimum Gasteiger partial charge on any atom is -0.392 e. The van der Waals surface area contributed by atoms with Crippen LogP contribution in [0.2, 0.25) is 0 Å². The van der Waals surface area contributed by atoms with Crippen molar-refractivity contribution in [2.75, 3.05) is 0 Å². The number of hydrogen-bond acceptors (Lipinski definition) is 2. The molecular weight excluding hydrogens is 197 g/mol. The summed E-state index contributed by atoms with van der Waals surface area (Å²) in [6, 6.07) is 0. The molecule has 0 aliphatic rings. The molecule has 0 heterocycles. The third kappa shape index (κ3) is 1.85. The van der Waals surface area contributed by atoms with Gasteiger partial charge in [-0.3, -0.25) is 4.57 Å². The first-order valence-electron chi connectivity index (χ1n) is 3.67. The summed E-state index contributed by atoms with van der Waals surface area (Å²) >= 11 is 4.66. The Morgan fingerprint density at radius 1 is 1.50 bits per heavy atom. The van der Waals surface area contributed by atoms with Gasteiger partial charge in [-0.2, -0.15) is 0 Å². The molecule has 0 bridgehead atoms. The van der Waals surface area contributed by atoms with Crippen molar-refractivity contribution in [3.05, 3.63) is 0 Å². The summed E-state index contributed by atoms with van der Waals surface area (Å²) in [5.74, 6) is 0. The molecule has 0 radical (unpaired) electrons. The molecule has 4 N–H and O–H groups in total. The lowest BCUT2D eigenvalue weighted by molar-refractivity contribution is 0.340. The maximum absolute atomic E-state index is 11.1. The summed E-state index contributed by atoms with van der Waals surface area (Å²) in [7, 11) is -4.23. The van der Waals surface area contributed by atoms with Crippen molar-refractivity contribution in [2.45, 2.75) is 31.8 Å². The van der Waals surface area contributed by atoms with Crippen LogP contribution in [-0.4, -0.2) is 19.9 Å². The topological polar surface area (TPSA) is 83.6 Å². The molecule has 0 saturated carbocycles. The van der Waals surface area contributed by atoms with Crippen molar-refractivity contribution in [3.8, 4) is 0 Å². The summed E-state index contributed by atoms with van der Waals surface area (Å²) in [5, 5.41) is -1.30. The number of nitrogens with two attached hydrogens (primary N) is 1. The molecular formula is C6H14NO3PS. The van der Waals surface area contributed by atoms with Crippen LogP contribution in [0.25, 0.3) is 0 Å². The Balaban J connectivity index is 5.12. The summed E-state index contributed by atoms with van der Waals surface area (Å²) in [6.07, 6.45) is 0.534. The lowest BCUT2D eigenvalue weighted by Crippen LogP contribution is -2.41. The number of rotatable bonds is 4. The molecule has 0 aliphatic carbocycles. The smallest absolute Gasteiger partial charge is 0.338 e. The normalized spacial score (nSPS) is 13.0. The van der Waals surface area contributed by atoms with E-state index in [9.17, 15) is 4.57 Å². The van der Waals surface area contributed by atoms with E-state index in [2.05, 4.69) is 12.2 Å². The van der Waals surface area contributed by atoms with Gasteiger partial charge in [0.05, 0.1) is 4.99 Å². The molecule has 0 saturated heterocycles. The molecule has 12 heavy (non-hydrogen) atoms. The van der Waals surface area contributed by atoms with Crippen LogP contribution in [0.4, 0.5) is 0 Å². The van der Waals surface area contributed by atoms with E-state index < -0.39 is 12.8 Å². The first-order valence-corrected chi connectivity index (χ1v) is 5.69. The van der Waals surface area contributed by atoms with E-state index in [0.29, 0.717) is 0 Å². The lowest BCUT2D eigenvalue weighted by atomic mass is 10.0. The van der Waals surface area contributed by atoms with Crippen molar-refractivity contribution < 1.29 is 14.4 Å². The Morgan fingerprint density at radius 3 is 1.83 bits per heavy atom. The zero-order valence-corrected chi connectivity index (χ0v) is 8.86. The molecule has 72 valence electrons. The molecule has 0 aliphatic heterocycles. The maximum Gasteiger partial charge on any atom is 0.338 e. The van der Waals surface area contributed by atoms with Gasteiger partial charge in [-0.05, 0) is 12.8 Å². The van der Waals surface area contributed by atoms with E-state index in [4.69, 9.17) is 15.5 Å². The van der Waals surface area contributed by atoms with Crippen molar-refractivity contribution >= 4 is 24.8 Å². The van der Waals surface area contributed by atoms with Gasteiger partial charge in [-0.1, -0.05) is 26.1 Å². The van der Waals surface area contributed by atoms with Gasteiger partial charge in [0.25, 0.3) is 0 Å². The fourth-order valence-corrected chi connectivity index (χ4v) is 2.91. The van der Waals surface area contributed by atoms with Crippen molar-refractivity contribution in [1.29, 1.82) is 0 Å². The minimum absolute atomic E-state index is 0.0965. The molecule has 0 amide bonds. The highest BCUT2D eigenvalue weighted by molar-refractivity contribution is 7.81. The van der Waals surface area contributed by atoms with Crippen molar-refractivity contribution in [3.63, 3.8) is 0 Å². The van der Waals surface area contributed by atoms with Gasteiger partial charge in [0.1, 0.15) is 5.16 Å². The van der Waals surface area contributed by atoms with Crippen LogP contribution in [0, 0.1) is 0 Å². The lowest BCUT2D eigenvalue weighted by Gasteiger charge is -2.30. The molecule has 0 spiro atoms. The SMILES string of the molecule is CCC(CC)(C(N)=S)P(=O)(O)O. The van der Waals surface area contributed by atoms with E-state index in [0.717, 1.165) is 0 Å². The van der Waals surface area contributed by atoms with Gasteiger partial charge in [0.2, 0.25) is 0 Å². The average molecular weight is 211 g/mol. The molecule has 0 aromatic heterocycles. The van der Waals surface area contributed by atoms with E-state index in [1.54, 1.807) is 13.8 Å². The fraction of sp³-hybridized carbons (Fsp3) is 0.833. The highest BCUT2D eigenvalue weighted by Crippen LogP contribution is 2.54. The predicted molar refractivity (Wildman–Crippen MR) is 52.1 cm³/mol. The highest BCUT2D eigenvalue weighted by atomic mass is 32.1. The summed E-state index contributed by atoms with van der Waals surface area (Å²) < 4.78 is 11.1. The third-order valence-corrected chi connectivity index (χ3v) is 4.72. The van der Waals surface area contributed by atoms with Gasteiger partial charge in [-0.25, -0.2) is 0 Å². The molecule has 0 aromatic rings. The zero-order chi connectivity index (χ0) is 9.99. The van der Waals surface area contributed by atoms with Crippen LogP contribution in [-0.2, 0) is 4.57 Å². The number of hydrogen-bond donors (Lipinski definition) is 3. The van der Waals surface area contributed by atoms with Gasteiger partial charge >= 0.3 is 7.60 Å². The summed E-state index contributed by atoms with van der Waals surface area (Å²) in [5.41, 5.74) is 5.32. The van der Waals surface area contributed by atoms with Crippen LogP contribution in [0.3, 0.4) is 0 Å². The van der Waals surface area contributed by atoms with Crippen LogP contribution in [0.1, 0.15) is 26.7 Å². The fourth-order valence-electron chi connectivity index (χ4n) is 1.15. The second-order valence-corrected chi connectivity index (χ2v) is 5.03. The molecule has 0 atom stereocenters. The first-order chi connectivity index (χ1) is 5.31. The van der Waals surface area contributed by atoms with Crippen LogP contribution >= 0.6 is 19.8 Å². The third-order valence-electron chi connectivity index (χ3n) is 2.19. The van der Waals surface area contributed by atoms with E-state index in [-0.39, 0.29) is 17.8 Å². The minimum atomic E-state index is -4.23. The van der Waals surface area contributed by atoms with Gasteiger partial charge in [0, 0.05) is 0 Å². The Labute approximate surface area is 77.3 Å². The van der Waals surface area contributed by atoms with E-state index >= 15 is 0 Å². The van der Waals surface area contributed by atoms with Gasteiger partial charge in [0.15, 0.2) is 0 Å². The van der Waals surface area contributed by atoms with Gasteiger partial charge in [-0.15, -0.1) is 0 Å². The molecule has 4 nitrogen and oxygen atoms in total. The Bertz CT molecular complexity index is 221. The van der Waals surface area contributed by atoms with Crippen LogP contribution < -0.4 is 5.73 Å². The van der Waals surface area contributed by atoms with Crippen LogP contribution in [0.5, 0.6) is 0 Å². The average Bonchev–Trinajstić information content (AvgIpc) is 1.87. The monoisotopic (exact) mass is 211 g/mol. The Kier molecular flexibility index (Phi) is 3.85. The van der Waals surface area contributed by atoms with E-state index in [1.165, 1.54) is 0 Å². The highest BCUT2D eigenvalue weighted by Gasteiger charge is 2.46. The Morgan fingerprint density at radius 2 is 1.83 bits per heavy atom. The first kappa shape index (κ1) is 12.0. The second kappa shape index (κ2) is 3.83. The maximum atomic E-state index is 11.1. The van der Waals surface area contributed by atoms with Gasteiger partial charge < -0.3 is 15.5 Å². The predicted octanol–water partition coefficient (Wildman–Crippen LogP) is 1.01. The van der Waals surface area contributed by atoms with Crippen molar-refractivity contribution in [1.82, 2.24) is 0 Å². The molecule has 0 fully saturated rings. The van der Waals surface area contributed by atoms with Crippen molar-refractivity contribution in [2.24, 2.45) is 5.73 Å². The summed E-state index contributed by atoms with van der Waals surface area (Å²) in [6.45, 7) is 3.34. The molecule has 0 rings (SSSR count). The van der Waals surface area contributed by atoms with Crippen LogP contribution in [0.15, 0.2) is 0 Å². The molecule has 0 unspecified atom stereocenters.